The standard InChI is InChI=1S/C17H27N5O5/c1-21-7-5-17(4-3-6-22(12(17)9-21)15(24)10-23)16(25)18-8-14-19-13(11-26-2)20-27-14/h12,23H,3-11H2,1-2H3,(H,18,25)/t12-,17+/m0/s1. The van der Waals surface area contributed by atoms with E-state index in [2.05, 4.69) is 20.4 Å². The van der Waals surface area contributed by atoms with Crippen LogP contribution in [-0.2, 0) is 27.5 Å². The summed E-state index contributed by atoms with van der Waals surface area (Å²) in [6.45, 7) is 1.79. The van der Waals surface area contributed by atoms with Gasteiger partial charge in [-0.25, -0.2) is 0 Å². The van der Waals surface area contributed by atoms with Crippen molar-refractivity contribution in [2.45, 2.75) is 38.5 Å². The molecule has 150 valence electrons. The van der Waals surface area contributed by atoms with Crippen LogP contribution in [-0.4, -0.2) is 83.3 Å². The van der Waals surface area contributed by atoms with Gasteiger partial charge in [0.05, 0.1) is 18.0 Å². The number of ether oxygens (including phenoxy) is 1. The Balaban J connectivity index is 1.73. The molecule has 3 rings (SSSR count). The molecule has 27 heavy (non-hydrogen) atoms. The van der Waals surface area contributed by atoms with Gasteiger partial charge in [-0.2, -0.15) is 4.98 Å². The van der Waals surface area contributed by atoms with Crippen molar-refractivity contribution in [2.75, 3.05) is 40.4 Å². The van der Waals surface area contributed by atoms with E-state index in [9.17, 15) is 14.7 Å². The van der Waals surface area contributed by atoms with Crippen molar-refractivity contribution in [3.8, 4) is 0 Å². The summed E-state index contributed by atoms with van der Waals surface area (Å²) in [5.74, 6) is 0.306. The van der Waals surface area contributed by atoms with Crippen molar-refractivity contribution >= 4 is 11.8 Å². The zero-order valence-corrected chi connectivity index (χ0v) is 15.8. The van der Waals surface area contributed by atoms with Gasteiger partial charge in [-0.3, -0.25) is 9.59 Å². The van der Waals surface area contributed by atoms with Crippen molar-refractivity contribution < 1.29 is 24.0 Å². The molecule has 2 amide bonds. The van der Waals surface area contributed by atoms with Gasteiger partial charge in [-0.15, -0.1) is 0 Å². The molecule has 1 aromatic heterocycles. The summed E-state index contributed by atoms with van der Waals surface area (Å²) in [4.78, 5) is 33.3. The lowest BCUT2D eigenvalue weighted by molar-refractivity contribution is -0.155. The van der Waals surface area contributed by atoms with Crippen LogP contribution in [0.1, 0.15) is 31.0 Å². The molecule has 2 saturated heterocycles. The molecule has 0 saturated carbocycles. The number of methoxy groups -OCH3 is 1. The Morgan fingerprint density at radius 2 is 2.22 bits per heavy atom. The van der Waals surface area contributed by atoms with E-state index < -0.39 is 12.0 Å². The monoisotopic (exact) mass is 381 g/mol. The van der Waals surface area contributed by atoms with Gasteiger partial charge in [-0.1, -0.05) is 5.16 Å². The third-order valence-electron chi connectivity index (χ3n) is 5.55. The van der Waals surface area contributed by atoms with Crippen molar-refractivity contribution in [2.24, 2.45) is 5.41 Å². The second kappa shape index (κ2) is 8.32. The smallest absolute Gasteiger partial charge is 0.248 e. The summed E-state index contributed by atoms with van der Waals surface area (Å²) < 4.78 is 10.1. The molecule has 2 atom stereocenters. The highest BCUT2D eigenvalue weighted by atomic mass is 16.5. The number of aliphatic hydroxyl groups is 1. The largest absolute Gasteiger partial charge is 0.387 e. The first-order chi connectivity index (χ1) is 13.0. The van der Waals surface area contributed by atoms with Crippen LogP contribution in [0.25, 0.3) is 0 Å². The number of amides is 2. The second-order valence-corrected chi connectivity index (χ2v) is 7.25. The fraction of sp³-hybridized carbons (Fsp3) is 0.765. The maximum Gasteiger partial charge on any atom is 0.248 e. The van der Waals surface area contributed by atoms with Gasteiger partial charge in [0.25, 0.3) is 0 Å². The topological polar surface area (TPSA) is 121 Å². The van der Waals surface area contributed by atoms with Crippen LogP contribution in [0.2, 0.25) is 0 Å². The summed E-state index contributed by atoms with van der Waals surface area (Å²) >= 11 is 0. The number of rotatable bonds is 6. The third-order valence-corrected chi connectivity index (χ3v) is 5.55. The average Bonchev–Trinajstić information content (AvgIpc) is 3.12. The van der Waals surface area contributed by atoms with E-state index in [1.165, 1.54) is 0 Å². The number of aliphatic hydroxyl groups excluding tert-OH is 1. The van der Waals surface area contributed by atoms with Gasteiger partial charge in [0.15, 0.2) is 5.82 Å². The highest BCUT2D eigenvalue weighted by Gasteiger charge is 2.53. The zero-order chi connectivity index (χ0) is 19.4. The minimum atomic E-state index is -0.662. The van der Waals surface area contributed by atoms with Crippen LogP contribution in [0, 0.1) is 5.41 Å². The number of nitrogens with one attached hydrogen (secondary N) is 1. The predicted octanol–water partition coefficient (Wildman–Crippen LogP) is -0.863. The lowest BCUT2D eigenvalue weighted by atomic mass is 9.67. The number of piperidine rings is 2. The fourth-order valence-corrected chi connectivity index (χ4v) is 4.18. The minimum Gasteiger partial charge on any atom is -0.387 e. The van der Waals surface area contributed by atoms with E-state index in [4.69, 9.17) is 9.26 Å². The number of fused-ring (bicyclic) bond motifs is 1. The van der Waals surface area contributed by atoms with Gasteiger partial charge in [0, 0.05) is 20.2 Å². The number of carbonyl (C=O) groups is 2. The lowest BCUT2D eigenvalue weighted by Gasteiger charge is -2.53. The molecule has 2 aliphatic rings. The van der Waals surface area contributed by atoms with Gasteiger partial charge >= 0.3 is 0 Å². The third kappa shape index (κ3) is 3.97. The molecule has 2 N–H and O–H groups in total. The fourth-order valence-electron chi connectivity index (χ4n) is 4.18. The maximum absolute atomic E-state index is 13.2. The molecule has 2 aliphatic heterocycles. The molecule has 0 spiro atoms. The molecular weight excluding hydrogens is 354 g/mol. The summed E-state index contributed by atoms with van der Waals surface area (Å²) in [5.41, 5.74) is -0.662. The van der Waals surface area contributed by atoms with Crippen LogP contribution in [0.5, 0.6) is 0 Å². The number of likely N-dealkylation sites (N-methyl/N-ethyl adjacent to an activating group) is 1. The molecular formula is C17H27N5O5. The van der Waals surface area contributed by atoms with E-state index in [1.54, 1.807) is 12.0 Å². The van der Waals surface area contributed by atoms with Gasteiger partial charge in [-0.05, 0) is 32.9 Å². The van der Waals surface area contributed by atoms with E-state index in [0.717, 1.165) is 13.0 Å². The Morgan fingerprint density at radius 1 is 1.41 bits per heavy atom. The first-order valence-electron chi connectivity index (χ1n) is 9.17. The summed E-state index contributed by atoms with van der Waals surface area (Å²) in [7, 11) is 3.52. The lowest BCUT2D eigenvalue weighted by Crippen LogP contribution is -2.66. The van der Waals surface area contributed by atoms with Gasteiger partial charge < -0.3 is 29.5 Å². The minimum absolute atomic E-state index is 0.109. The number of likely N-dealkylation sites (tertiary alicyclic amines) is 2. The van der Waals surface area contributed by atoms with Crippen LogP contribution < -0.4 is 5.32 Å². The molecule has 0 unspecified atom stereocenters. The van der Waals surface area contributed by atoms with E-state index in [0.29, 0.717) is 37.6 Å². The van der Waals surface area contributed by atoms with Crippen molar-refractivity contribution in [3.05, 3.63) is 11.7 Å². The molecule has 1 aromatic rings. The van der Waals surface area contributed by atoms with E-state index in [-0.39, 0.29) is 31.0 Å². The van der Waals surface area contributed by atoms with Crippen molar-refractivity contribution in [3.63, 3.8) is 0 Å². The number of hydrogen-bond donors (Lipinski definition) is 2. The van der Waals surface area contributed by atoms with E-state index in [1.807, 2.05) is 7.05 Å². The predicted molar refractivity (Wildman–Crippen MR) is 93.2 cm³/mol. The van der Waals surface area contributed by atoms with E-state index >= 15 is 0 Å². The normalized spacial score (nSPS) is 25.9. The summed E-state index contributed by atoms with van der Waals surface area (Å²) in [6, 6.07) is -0.253. The second-order valence-electron chi connectivity index (χ2n) is 7.25. The molecule has 10 heteroatoms. The molecule has 0 aromatic carbocycles. The summed E-state index contributed by atoms with van der Waals surface area (Å²) in [5, 5.41) is 16.0. The molecule has 0 radical (unpaired) electrons. The number of nitrogens with zero attached hydrogens (tertiary/aromatic N) is 4. The number of carbonyl (C=O) groups excluding carboxylic acids is 2. The Labute approximate surface area is 157 Å². The van der Waals surface area contributed by atoms with Gasteiger partial charge in [0.1, 0.15) is 13.2 Å². The highest BCUT2D eigenvalue weighted by molar-refractivity contribution is 5.86. The first-order valence-corrected chi connectivity index (χ1v) is 9.17. The molecule has 3 heterocycles. The Bertz CT molecular complexity index is 680. The van der Waals surface area contributed by atoms with Crippen molar-refractivity contribution in [1.82, 2.24) is 25.3 Å². The Kier molecular flexibility index (Phi) is 6.08. The first kappa shape index (κ1) is 19.7. The number of hydrogen-bond acceptors (Lipinski definition) is 8. The molecule has 10 nitrogen and oxygen atoms in total. The Morgan fingerprint density at radius 3 is 2.96 bits per heavy atom. The summed E-state index contributed by atoms with van der Waals surface area (Å²) in [6.07, 6.45) is 2.11. The van der Waals surface area contributed by atoms with Crippen molar-refractivity contribution in [1.29, 1.82) is 0 Å². The van der Waals surface area contributed by atoms with Crippen LogP contribution in [0.4, 0.5) is 0 Å². The number of aromatic nitrogens is 2. The Hall–Kier alpha value is -2.04. The molecule has 0 aliphatic carbocycles. The SMILES string of the molecule is COCc1noc(CNC(=O)[C@@]23CCCN(C(=O)CO)[C@H]2CN(C)CC3)n1. The van der Waals surface area contributed by atoms with Crippen LogP contribution in [0.3, 0.4) is 0 Å². The average molecular weight is 381 g/mol. The van der Waals surface area contributed by atoms with Crippen LogP contribution in [0.15, 0.2) is 4.52 Å². The molecule has 2 fully saturated rings. The highest BCUT2D eigenvalue weighted by Crippen LogP contribution is 2.42. The zero-order valence-electron chi connectivity index (χ0n) is 15.8. The maximum atomic E-state index is 13.2. The quantitative estimate of drug-likeness (QED) is 0.653. The van der Waals surface area contributed by atoms with Crippen LogP contribution >= 0.6 is 0 Å². The van der Waals surface area contributed by atoms with Gasteiger partial charge in [0.2, 0.25) is 17.7 Å². The molecule has 0 bridgehead atoms.